The van der Waals surface area contributed by atoms with Gasteiger partial charge in [-0.05, 0) is 56.0 Å². The molecule has 4 aromatic rings. The first-order chi connectivity index (χ1) is 22.0. The summed E-state index contributed by atoms with van der Waals surface area (Å²) in [6.45, 7) is 7.31. The van der Waals surface area contributed by atoms with Crippen LogP contribution in [0.2, 0.25) is 0 Å². The highest BCUT2D eigenvalue weighted by molar-refractivity contribution is 5.89. The van der Waals surface area contributed by atoms with Crippen molar-refractivity contribution in [3.05, 3.63) is 71.6 Å². The van der Waals surface area contributed by atoms with Gasteiger partial charge in [-0.3, -0.25) is 9.78 Å². The van der Waals surface area contributed by atoms with E-state index in [9.17, 15) is 4.79 Å². The summed E-state index contributed by atoms with van der Waals surface area (Å²) in [5.74, 6) is 2.41. The second kappa shape index (κ2) is 15.8. The van der Waals surface area contributed by atoms with Crippen LogP contribution < -0.4 is 23.8 Å². The third-order valence-corrected chi connectivity index (χ3v) is 7.60. The second-order valence-electron chi connectivity index (χ2n) is 10.2. The number of benzene rings is 2. The SMILES string of the molecule is CC.CCOc1cc(OC)ccc1CN(Cc1ccc(OC)cc1OC)c1nc2cncc(C3=CCCC(C(=O)OC)C3)c2o1. The summed E-state index contributed by atoms with van der Waals surface area (Å²) in [7, 11) is 6.32. The van der Waals surface area contributed by atoms with Gasteiger partial charge in [-0.25, -0.2) is 0 Å². The van der Waals surface area contributed by atoms with Crippen LogP contribution in [0.15, 0.2) is 59.3 Å². The number of allylic oxidation sites excluding steroid dienone is 2. The zero-order valence-corrected chi connectivity index (χ0v) is 27.2. The second-order valence-corrected chi connectivity index (χ2v) is 10.2. The first-order valence-corrected chi connectivity index (χ1v) is 15.2. The molecule has 1 unspecified atom stereocenters. The Morgan fingerprint density at radius 2 is 1.60 bits per heavy atom. The molecule has 1 aliphatic carbocycles. The van der Waals surface area contributed by atoms with Gasteiger partial charge in [-0.1, -0.05) is 19.9 Å². The fourth-order valence-corrected chi connectivity index (χ4v) is 5.37. The van der Waals surface area contributed by atoms with Crippen LogP contribution in [0.25, 0.3) is 16.7 Å². The van der Waals surface area contributed by atoms with Gasteiger partial charge < -0.3 is 33.0 Å². The first kappa shape index (κ1) is 33.2. The molecule has 5 rings (SSSR count). The van der Waals surface area contributed by atoms with Crippen molar-refractivity contribution in [3.63, 3.8) is 0 Å². The van der Waals surface area contributed by atoms with Gasteiger partial charge in [0.15, 0.2) is 5.58 Å². The predicted octanol–water partition coefficient (Wildman–Crippen LogP) is 7.24. The van der Waals surface area contributed by atoms with Gasteiger partial charge in [-0.2, -0.15) is 4.98 Å². The fourth-order valence-electron chi connectivity index (χ4n) is 5.37. The summed E-state index contributed by atoms with van der Waals surface area (Å²) in [6.07, 6.45) is 7.69. The van der Waals surface area contributed by atoms with Crippen LogP contribution >= 0.6 is 0 Å². The monoisotopic (exact) mass is 617 g/mol. The minimum Gasteiger partial charge on any atom is -0.497 e. The lowest BCUT2D eigenvalue weighted by Crippen LogP contribution is -2.23. The number of aromatic nitrogens is 2. The molecular formula is C35H43N3O7. The van der Waals surface area contributed by atoms with E-state index in [-0.39, 0.29) is 11.9 Å². The van der Waals surface area contributed by atoms with E-state index in [1.54, 1.807) is 33.7 Å². The van der Waals surface area contributed by atoms with E-state index in [1.165, 1.54) is 7.11 Å². The van der Waals surface area contributed by atoms with E-state index in [2.05, 4.69) is 11.1 Å². The average molecular weight is 618 g/mol. The van der Waals surface area contributed by atoms with Gasteiger partial charge in [0, 0.05) is 35.0 Å². The number of oxazole rings is 1. The zero-order chi connectivity index (χ0) is 32.3. The molecule has 45 heavy (non-hydrogen) atoms. The lowest BCUT2D eigenvalue weighted by Gasteiger charge is -2.24. The fraction of sp³-hybridized carbons (Fsp3) is 0.400. The van der Waals surface area contributed by atoms with Crippen molar-refractivity contribution in [2.45, 2.75) is 53.1 Å². The van der Waals surface area contributed by atoms with Gasteiger partial charge in [-0.15, -0.1) is 0 Å². The van der Waals surface area contributed by atoms with Crippen molar-refractivity contribution in [1.82, 2.24) is 9.97 Å². The molecule has 10 nitrogen and oxygen atoms in total. The van der Waals surface area contributed by atoms with Gasteiger partial charge >= 0.3 is 5.97 Å². The van der Waals surface area contributed by atoms with Crippen molar-refractivity contribution >= 4 is 28.7 Å². The minimum atomic E-state index is -0.201. The van der Waals surface area contributed by atoms with Crippen molar-refractivity contribution in [3.8, 4) is 23.0 Å². The topological polar surface area (TPSA) is 105 Å². The molecule has 1 atom stereocenters. The van der Waals surface area contributed by atoms with E-state index in [1.807, 2.05) is 62.1 Å². The molecule has 240 valence electrons. The Morgan fingerprint density at radius 3 is 2.22 bits per heavy atom. The smallest absolute Gasteiger partial charge is 0.309 e. The summed E-state index contributed by atoms with van der Waals surface area (Å²) in [4.78, 5) is 23.7. The maximum Gasteiger partial charge on any atom is 0.309 e. The molecule has 0 fully saturated rings. The van der Waals surface area contributed by atoms with Crippen molar-refractivity contribution < 1.29 is 32.9 Å². The number of hydrogen-bond acceptors (Lipinski definition) is 10. The Kier molecular flexibility index (Phi) is 11.7. The molecule has 0 saturated carbocycles. The number of anilines is 1. The number of carbonyl (C=O) groups excluding carboxylic acids is 1. The summed E-state index contributed by atoms with van der Waals surface area (Å²) in [6, 6.07) is 11.9. The Balaban J connectivity index is 0.00000226. The Morgan fingerprint density at radius 1 is 0.933 bits per heavy atom. The lowest BCUT2D eigenvalue weighted by atomic mass is 9.86. The van der Waals surface area contributed by atoms with Crippen LogP contribution in [-0.2, 0) is 22.6 Å². The summed E-state index contributed by atoms with van der Waals surface area (Å²) >= 11 is 0. The van der Waals surface area contributed by atoms with Gasteiger partial charge in [0.05, 0.1) is 60.3 Å². The Bertz CT molecular complexity index is 1610. The predicted molar refractivity (Wildman–Crippen MR) is 174 cm³/mol. The number of rotatable bonds is 12. The van der Waals surface area contributed by atoms with E-state index < -0.39 is 0 Å². The number of hydrogen-bond donors (Lipinski definition) is 0. The summed E-state index contributed by atoms with van der Waals surface area (Å²) in [5, 5.41) is 0. The normalized spacial score (nSPS) is 14.1. The Hall–Kier alpha value is -4.73. The maximum absolute atomic E-state index is 12.3. The number of nitrogens with zero attached hydrogens (tertiary/aromatic N) is 3. The molecule has 2 heterocycles. The zero-order valence-electron chi connectivity index (χ0n) is 27.2. The number of carbonyl (C=O) groups is 1. The van der Waals surface area contributed by atoms with Gasteiger partial charge in [0.1, 0.15) is 28.5 Å². The highest BCUT2D eigenvalue weighted by Crippen LogP contribution is 2.37. The van der Waals surface area contributed by atoms with Crippen LogP contribution in [0.3, 0.4) is 0 Å². The number of fused-ring (bicyclic) bond motifs is 1. The van der Waals surface area contributed by atoms with E-state index in [0.29, 0.717) is 66.2 Å². The number of methoxy groups -OCH3 is 4. The highest BCUT2D eigenvalue weighted by Gasteiger charge is 2.27. The molecule has 1 aliphatic rings. The summed E-state index contributed by atoms with van der Waals surface area (Å²) in [5.41, 5.74) is 4.93. The summed E-state index contributed by atoms with van der Waals surface area (Å²) < 4.78 is 34.1. The van der Waals surface area contributed by atoms with Crippen molar-refractivity contribution in [2.75, 3.05) is 39.9 Å². The average Bonchev–Trinajstić information content (AvgIpc) is 3.54. The molecule has 0 saturated heterocycles. The van der Waals surface area contributed by atoms with Gasteiger partial charge in [0.2, 0.25) is 0 Å². The molecule has 0 aliphatic heterocycles. The number of esters is 1. The third-order valence-electron chi connectivity index (χ3n) is 7.60. The molecular weight excluding hydrogens is 574 g/mol. The number of ether oxygens (including phenoxy) is 5. The lowest BCUT2D eigenvalue weighted by molar-refractivity contribution is -0.145. The van der Waals surface area contributed by atoms with Crippen LogP contribution in [0.1, 0.15) is 56.7 Å². The largest absolute Gasteiger partial charge is 0.497 e. The van der Waals surface area contributed by atoms with Gasteiger partial charge in [0.25, 0.3) is 6.01 Å². The van der Waals surface area contributed by atoms with E-state index >= 15 is 0 Å². The van der Waals surface area contributed by atoms with Crippen LogP contribution in [-0.4, -0.2) is 51.0 Å². The molecule has 0 amide bonds. The molecule has 10 heteroatoms. The first-order valence-electron chi connectivity index (χ1n) is 15.2. The Labute approximate surface area is 264 Å². The molecule has 0 bridgehead atoms. The van der Waals surface area contributed by atoms with E-state index in [4.69, 9.17) is 33.1 Å². The van der Waals surface area contributed by atoms with Crippen LogP contribution in [0.5, 0.6) is 23.0 Å². The van der Waals surface area contributed by atoms with Crippen molar-refractivity contribution in [2.24, 2.45) is 5.92 Å². The molecule has 2 aromatic carbocycles. The molecule has 2 aromatic heterocycles. The van der Waals surface area contributed by atoms with Crippen molar-refractivity contribution in [1.29, 1.82) is 0 Å². The number of pyridine rings is 1. The standard InChI is InChI=1S/C33H37N3O7.C2H6/c1-6-42-30-16-26(39-3)13-11-24(30)20-36(19-23-10-12-25(38-2)15-29(23)40-4)33-35-28-18-34-17-27(31(28)43-33)21-8-7-9-22(14-21)32(37)41-5;1-2/h8,10-13,15-18,22H,6-7,9,14,19-20H2,1-5H3;1-2H3. The molecule has 0 spiro atoms. The maximum atomic E-state index is 12.3. The molecule has 0 N–H and O–H groups in total. The highest BCUT2D eigenvalue weighted by atomic mass is 16.5. The van der Waals surface area contributed by atoms with Crippen LogP contribution in [0.4, 0.5) is 6.01 Å². The molecule has 0 radical (unpaired) electrons. The van der Waals surface area contributed by atoms with Crippen LogP contribution in [0, 0.1) is 5.92 Å². The van der Waals surface area contributed by atoms with E-state index in [0.717, 1.165) is 35.1 Å². The quantitative estimate of drug-likeness (QED) is 0.151. The third kappa shape index (κ3) is 7.68. The minimum absolute atomic E-state index is 0.200.